The minimum atomic E-state index is -0.504. The summed E-state index contributed by atoms with van der Waals surface area (Å²) in [5.74, 6) is 0.328. The molecule has 30 heavy (non-hydrogen) atoms. The minimum absolute atomic E-state index is 0.000551. The summed E-state index contributed by atoms with van der Waals surface area (Å²) in [6, 6.07) is 19.0. The van der Waals surface area contributed by atoms with Crippen LogP contribution in [0.4, 0.5) is 0 Å². The molecule has 2 amide bonds. The van der Waals surface area contributed by atoms with Crippen molar-refractivity contribution in [3.8, 4) is 0 Å². The van der Waals surface area contributed by atoms with E-state index in [-0.39, 0.29) is 23.9 Å². The van der Waals surface area contributed by atoms with Crippen molar-refractivity contribution in [1.82, 2.24) is 10.2 Å². The van der Waals surface area contributed by atoms with Crippen LogP contribution in [0.1, 0.15) is 48.8 Å². The Morgan fingerprint density at radius 1 is 0.967 bits per heavy atom. The van der Waals surface area contributed by atoms with E-state index in [4.69, 9.17) is 0 Å². The van der Waals surface area contributed by atoms with Gasteiger partial charge in [0.2, 0.25) is 11.8 Å². The second kappa shape index (κ2) is 7.57. The molecule has 5 rings (SSSR count). The fraction of sp³-hybridized carbons (Fsp3) is 0.462. The van der Waals surface area contributed by atoms with Gasteiger partial charge in [0, 0.05) is 18.1 Å². The Morgan fingerprint density at radius 2 is 1.70 bits per heavy atom. The van der Waals surface area contributed by atoms with Crippen LogP contribution in [-0.2, 0) is 22.4 Å². The van der Waals surface area contributed by atoms with E-state index in [1.165, 1.54) is 11.1 Å². The summed E-state index contributed by atoms with van der Waals surface area (Å²) in [6.45, 7) is 2.06. The molecule has 0 unspecified atom stereocenters. The van der Waals surface area contributed by atoms with E-state index >= 15 is 0 Å². The Labute approximate surface area is 178 Å². The number of benzene rings is 2. The zero-order chi connectivity index (χ0) is 20.7. The summed E-state index contributed by atoms with van der Waals surface area (Å²) in [6.07, 6.45) is 6.01. The topological polar surface area (TPSA) is 49.4 Å². The lowest BCUT2D eigenvalue weighted by atomic mass is 9.69. The van der Waals surface area contributed by atoms with Crippen LogP contribution < -0.4 is 5.32 Å². The van der Waals surface area contributed by atoms with Crippen molar-refractivity contribution in [2.45, 2.75) is 70.0 Å². The van der Waals surface area contributed by atoms with Crippen LogP contribution in [0, 0.1) is 12.3 Å². The standard InChI is InChI=1S/C26H30N2O2/c1-18-7-9-19(10-8-18)15-24(29)28-22-13-14-23(28)26(17-22,25(30)27-21-11-12-21)16-20-5-3-2-4-6-20/h2-10,21-23H,11-17H2,1H3,(H,27,30)/t22-,23+,26+/m1/s1. The monoisotopic (exact) mass is 402 g/mol. The fourth-order valence-corrected chi connectivity index (χ4v) is 5.56. The van der Waals surface area contributed by atoms with Crippen molar-refractivity contribution < 1.29 is 9.59 Å². The van der Waals surface area contributed by atoms with Gasteiger partial charge in [0.05, 0.1) is 11.8 Å². The van der Waals surface area contributed by atoms with E-state index in [1.807, 2.05) is 30.3 Å². The number of amides is 2. The van der Waals surface area contributed by atoms with Crippen molar-refractivity contribution in [1.29, 1.82) is 0 Å². The van der Waals surface area contributed by atoms with Gasteiger partial charge in [-0.2, -0.15) is 0 Å². The number of aryl methyl sites for hydroxylation is 1. The molecule has 3 fully saturated rings. The summed E-state index contributed by atoms with van der Waals surface area (Å²) >= 11 is 0. The Morgan fingerprint density at radius 3 is 2.40 bits per heavy atom. The SMILES string of the molecule is Cc1ccc(CC(=O)N2[C@@H]3CC[C@H]2[C@@](Cc2ccccc2)(C(=O)NC2CC2)C3)cc1. The molecule has 2 aromatic carbocycles. The molecule has 1 aliphatic carbocycles. The summed E-state index contributed by atoms with van der Waals surface area (Å²) in [4.78, 5) is 29.0. The molecule has 3 aliphatic rings. The highest BCUT2D eigenvalue weighted by Gasteiger charge is 2.61. The van der Waals surface area contributed by atoms with Crippen LogP contribution in [-0.4, -0.2) is 34.8 Å². The highest BCUT2D eigenvalue weighted by Crippen LogP contribution is 2.52. The van der Waals surface area contributed by atoms with Gasteiger partial charge in [-0.25, -0.2) is 0 Å². The number of hydrogen-bond acceptors (Lipinski definition) is 2. The van der Waals surface area contributed by atoms with Crippen molar-refractivity contribution >= 4 is 11.8 Å². The molecule has 156 valence electrons. The maximum Gasteiger partial charge on any atom is 0.228 e. The molecule has 0 radical (unpaired) electrons. The lowest BCUT2D eigenvalue weighted by molar-refractivity contribution is -0.136. The fourth-order valence-electron chi connectivity index (χ4n) is 5.56. The first-order valence-corrected chi connectivity index (χ1v) is 11.3. The number of carbonyl (C=O) groups is 2. The highest BCUT2D eigenvalue weighted by atomic mass is 16.2. The minimum Gasteiger partial charge on any atom is -0.353 e. The van der Waals surface area contributed by atoms with Crippen LogP contribution >= 0.6 is 0 Å². The molecular weight excluding hydrogens is 372 g/mol. The molecule has 0 aromatic heterocycles. The van der Waals surface area contributed by atoms with E-state index in [0.717, 1.165) is 37.7 Å². The third-order valence-corrected chi connectivity index (χ3v) is 7.23. The largest absolute Gasteiger partial charge is 0.353 e. The number of fused-ring (bicyclic) bond motifs is 2. The van der Waals surface area contributed by atoms with E-state index < -0.39 is 5.41 Å². The lowest BCUT2D eigenvalue weighted by Crippen LogP contribution is -2.51. The van der Waals surface area contributed by atoms with Gasteiger partial charge in [-0.15, -0.1) is 0 Å². The molecule has 3 atom stereocenters. The Kier molecular flexibility index (Phi) is 4.88. The number of nitrogens with one attached hydrogen (secondary N) is 1. The first-order chi connectivity index (χ1) is 14.5. The number of nitrogens with zero attached hydrogens (tertiary/aromatic N) is 1. The van der Waals surface area contributed by atoms with E-state index in [9.17, 15) is 9.59 Å². The Bertz CT molecular complexity index is 935. The van der Waals surface area contributed by atoms with Gasteiger partial charge in [0.25, 0.3) is 0 Å². The van der Waals surface area contributed by atoms with Crippen molar-refractivity contribution in [2.75, 3.05) is 0 Å². The van der Waals surface area contributed by atoms with Gasteiger partial charge < -0.3 is 10.2 Å². The normalized spacial score (nSPS) is 27.3. The zero-order valence-electron chi connectivity index (χ0n) is 17.6. The first kappa shape index (κ1) is 19.3. The molecule has 2 saturated heterocycles. The maximum atomic E-state index is 13.5. The quantitative estimate of drug-likeness (QED) is 0.799. The van der Waals surface area contributed by atoms with Gasteiger partial charge in [-0.1, -0.05) is 60.2 Å². The smallest absolute Gasteiger partial charge is 0.228 e. The van der Waals surface area contributed by atoms with Gasteiger partial charge >= 0.3 is 0 Å². The lowest BCUT2D eigenvalue weighted by Gasteiger charge is -2.36. The molecule has 2 aliphatic heterocycles. The maximum absolute atomic E-state index is 13.5. The summed E-state index contributed by atoms with van der Waals surface area (Å²) in [5, 5.41) is 3.28. The molecule has 2 heterocycles. The second-order valence-electron chi connectivity index (χ2n) is 9.48. The average Bonchev–Trinajstić information content (AvgIpc) is 3.38. The molecule has 2 bridgehead atoms. The van der Waals surface area contributed by atoms with Crippen LogP contribution in [0.2, 0.25) is 0 Å². The van der Waals surface area contributed by atoms with Crippen LogP contribution in [0.5, 0.6) is 0 Å². The summed E-state index contributed by atoms with van der Waals surface area (Å²) in [5.41, 5.74) is 2.93. The van der Waals surface area contributed by atoms with Crippen molar-refractivity contribution in [2.24, 2.45) is 5.41 Å². The Balaban J connectivity index is 1.41. The van der Waals surface area contributed by atoms with Crippen molar-refractivity contribution in [3.05, 3.63) is 71.3 Å². The van der Waals surface area contributed by atoms with E-state index in [2.05, 4.69) is 41.4 Å². The zero-order valence-corrected chi connectivity index (χ0v) is 17.6. The number of carbonyl (C=O) groups excluding carboxylic acids is 2. The van der Waals surface area contributed by atoms with Gasteiger partial charge in [-0.3, -0.25) is 9.59 Å². The summed E-state index contributed by atoms with van der Waals surface area (Å²) < 4.78 is 0. The molecule has 0 spiro atoms. The molecule has 1 saturated carbocycles. The first-order valence-electron chi connectivity index (χ1n) is 11.3. The molecular formula is C26H30N2O2. The third-order valence-electron chi connectivity index (χ3n) is 7.23. The Hall–Kier alpha value is -2.62. The highest BCUT2D eigenvalue weighted by molar-refractivity contribution is 5.88. The van der Waals surface area contributed by atoms with E-state index in [0.29, 0.717) is 18.9 Å². The number of rotatable bonds is 6. The van der Waals surface area contributed by atoms with Gasteiger partial charge in [-0.05, 0) is 56.6 Å². The van der Waals surface area contributed by atoms with Crippen LogP contribution in [0.3, 0.4) is 0 Å². The third kappa shape index (κ3) is 3.53. The van der Waals surface area contributed by atoms with Crippen LogP contribution in [0.25, 0.3) is 0 Å². The van der Waals surface area contributed by atoms with Gasteiger partial charge in [0.15, 0.2) is 0 Å². The summed E-state index contributed by atoms with van der Waals surface area (Å²) in [7, 11) is 0. The average molecular weight is 403 g/mol. The molecule has 4 nitrogen and oxygen atoms in total. The van der Waals surface area contributed by atoms with E-state index in [1.54, 1.807) is 0 Å². The second-order valence-corrected chi connectivity index (χ2v) is 9.48. The predicted octanol–water partition coefficient (Wildman–Crippen LogP) is 3.81. The molecule has 4 heteroatoms. The van der Waals surface area contributed by atoms with Crippen LogP contribution in [0.15, 0.2) is 54.6 Å². The molecule has 1 N–H and O–H groups in total. The van der Waals surface area contributed by atoms with Gasteiger partial charge in [0.1, 0.15) is 0 Å². The van der Waals surface area contributed by atoms with Crippen molar-refractivity contribution in [3.63, 3.8) is 0 Å². The molecule has 2 aromatic rings. The number of hydrogen-bond donors (Lipinski definition) is 1. The predicted molar refractivity (Wildman–Crippen MR) is 117 cm³/mol.